The summed E-state index contributed by atoms with van der Waals surface area (Å²) in [5, 5.41) is 5.93. The lowest BCUT2D eigenvalue weighted by atomic mass is 10.1. The number of carbonyl (C=O) groups excluding carboxylic acids is 2. The molecule has 0 unspecified atom stereocenters. The molecule has 0 aliphatic rings. The number of hydrogen-bond donors (Lipinski definition) is 2. The molecule has 0 spiro atoms. The van der Waals surface area contributed by atoms with Crippen LogP contribution in [0, 0.1) is 0 Å². The summed E-state index contributed by atoms with van der Waals surface area (Å²) in [6, 6.07) is 17.0. The Kier molecular flexibility index (Phi) is 5.65. The van der Waals surface area contributed by atoms with Gasteiger partial charge in [-0.15, -0.1) is 0 Å². The van der Waals surface area contributed by atoms with Crippen LogP contribution >= 0.6 is 27.5 Å². The summed E-state index contributed by atoms with van der Waals surface area (Å²) in [4.78, 5) is 29.1. The van der Waals surface area contributed by atoms with Crippen molar-refractivity contribution in [3.8, 4) is 0 Å². The molecule has 5 nitrogen and oxygen atoms in total. The van der Waals surface area contributed by atoms with Crippen LogP contribution in [-0.4, -0.2) is 16.8 Å². The van der Waals surface area contributed by atoms with E-state index in [0.29, 0.717) is 32.1 Å². The van der Waals surface area contributed by atoms with Gasteiger partial charge in [-0.2, -0.15) is 0 Å². The second kappa shape index (κ2) is 8.12. The fraction of sp³-hybridized carbons (Fsp3) is 0. The van der Waals surface area contributed by atoms with Crippen LogP contribution in [0.5, 0.6) is 0 Å². The fourth-order valence-corrected chi connectivity index (χ4v) is 2.84. The molecule has 2 N–H and O–H groups in total. The highest BCUT2D eigenvalue weighted by Gasteiger charge is 2.15. The minimum atomic E-state index is -0.386. The summed E-state index contributed by atoms with van der Waals surface area (Å²) in [6.07, 6.45) is 1.44. The molecular formula is C19H13BrClN3O2. The highest BCUT2D eigenvalue weighted by molar-refractivity contribution is 9.10. The molecule has 0 fully saturated rings. The van der Waals surface area contributed by atoms with Crippen molar-refractivity contribution >= 4 is 50.9 Å². The first-order chi connectivity index (χ1) is 12.5. The molecule has 0 saturated heterocycles. The van der Waals surface area contributed by atoms with E-state index in [-0.39, 0.29) is 11.8 Å². The van der Waals surface area contributed by atoms with Gasteiger partial charge >= 0.3 is 0 Å². The molecule has 2 amide bonds. The summed E-state index contributed by atoms with van der Waals surface area (Å²) >= 11 is 9.14. The van der Waals surface area contributed by atoms with Gasteiger partial charge in [-0.05, 0) is 52.3 Å². The number of halogens is 2. The standard InChI is InChI=1S/C19H13BrClN3O2/c20-15-7-3-1-5-13(15)18(25)23-16-8-4-2-6-14(16)19(26)24-17-10-9-12(21)11-22-17/h1-11H,(H,23,25)(H,22,24,26). The zero-order valence-corrected chi connectivity index (χ0v) is 15.7. The molecule has 3 rings (SSSR count). The molecule has 0 atom stereocenters. The molecule has 1 aromatic heterocycles. The van der Waals surface area contributed by atoms with Gasteiger partial charge in [-0.3, -0.25) is 9.59 Å². The topological polar surface area (TPSA) is 71.1 Å². The third-order valence-electron chi connectivity index (χ3n) is 3.51. The molecule has 130 valence electrons. The van der Waals surface area contributed by atoms with Crippen molar-refractivity contribution in [1.29, 1.82) is 0 Å². The van der Waals surface area contributed by atoms with Crippen molar-refractivity contribution < 1.29 is 9.59 Å². The third-order valence-corrected chi connectivity index (χ3v) is 4.42. The minimum Gasteiger partial charge on any atom is -0.321 e. The van der Waals surface area contributed by atoms with Crippen molar-refractivity contribution in [2.45, 2.75) is 0 Å². The second-order valence-corrected chi connectivity index (χ2v) is 6.59. The number of pyridine rings is 1. The highest BCUT2D eigenvalue weighted by atomic mass is 79.9. The number of para-hydroxylation sites is 1. The summed E-state index contributed by atoms with van der Waals surface area (Å²) in [5.74, 6) is -0.337. The van der Waals surface area contributed by atoms with E-state index in [1.54, 1.807) is 54.6 Å². The summed E-state index contributed by atoms with van der Waals surface area (Å²) in [6.45, 7) is 0. The third kappa shape index (κ3) is 4.28. The average molecular weight is 431 g/mol. The average Bonchev–Trinajstić information content (AvgIpc) is 2.64. The zero-order valence-electron chi connectivity index (χ0n) is 13.4. The van der Waals surface area contributed by atoms with E-state index >= 15 is 0 Å². The summed E-state index contributed by atoms with van der Waals surface area (Å²) in [7, 11) is 0. The fourth-order valence-electron chi connectivity index (χ4n) is 2.26. The minimum absolute atomic E-state index is 0.317. The maximum atomic E-state index is 12.6. The quantitative estimate of drug-likeness (QED) is 0.612. The smallest absolute Gasteiger partial charge is 0.258 e. The molecule has 3 aromatic rings. The van der Waals surface area contributed by atoms with Gasteiger partial charge in [0, 0.05) is 10.7 Å². The molecule has 2 aromatic carbocycles. The Labute approximate surface area is 163 Å². The number of hydrogen-bond acceptors (Lipinski definition) is 3. The molecule has 26 heavy (non-hydrogen) atoms. The van der Waals surface area contributed by atoms with Crippen molar-refractivity contribution in [3.05, 3.63) is 87.5 Å². The van der Waals surface area contributed by atoms with Crippen LogP contribution in [-0.2, 0) is 0 Å². The Hall–Kier alpha value is -2.70. The van der Waals surface area contributed by atoms with Crippen LogP contribution in [0.4, 0.5) is 11.5 Å². The van der Waals surface area contributed by atoms with Crippen molar-refractivity contribution in [3.63, 3.8) is 0 Å². The van der Waals surface area contributed by atoms with E-state index in [1.807, 2.05) is 6.07 Å². The normalized spacial score (nSPS) is 10.2. The number of nitrogens with zero attached hydrogens (tertiary/aromatic N) is 1. The van der Waals surface area contributed by atoms with Gasteiger partial charge in [0.2, 0.25) is 0 Å². The summed E-state index contributed by atoms with van der Waals surface area (Å²) in [5.41, 5.74) is 1.20. The van der Waals surface area contributed by atoms with Gasteiger partial charge in [0.15, 0.2) is 0 Å². The lowest BCUT2D eigenvalue weighted by Crippen LogP contribution is -2.18. The van der Waals surface area contributed by atoms with E-state index in [4.69, 9.17) is 11.6 Å². The van der Waals surface area contributed by atoms with E-state index in [1.165, 1.54) is 6.20 Å². The Morgan fingerprint density at radius 1 is 0.846 bits per heavy atom. The van der Waals surface area contributed by atoms with Gasteiger partial charge in [0.25, 0.3) is 11.8 Å². The SMILES string of the molecule is O=C(Nc1ccccc1C(=O)Nc1ccc(Cl)cn1)c1ccccc1Br. The maximum Gasteiger partial charge on any atom is 0.258 e. The predicted octanol–water partition coefficient (Wildman–Crippen LogP) is 5.00. The molecule has 0 bridgehead atoms. The second-order valence-electron chi connectivity index (χ2n) is 5.30. The van der Waals surface area contributed by atoms with Gasteiger partial charge in [-0.25, -0.2) is 4.98 Å². The van der Waals surface area contributed by atoms with E-state index in [9.17, 15) is 9.59 Å². The Balaban J connectivity index is 1.81. The Morgan fingerprint density at radius 3 is 2.19 bits per heavy atom. The first-order valence-electron chi connectivity index (χ1n) is 7.62. The number of aromatic nitrogens is 1. The van der Waals surface area contributed by atoms with Crippen LogP contribution in [0.3, 0.4) is 0 Å². The van der Waals surface area contributed by atoms with Gasteiger partial charge in [-0.1, -0.05) is 35.9 Å². The number of rotatable bonds is 4. The number of nitrogens with one attached hydrogen (secondary N) is 2. The van der Waals surface area contributed by atoms with E-state index in [2.05, 4.69) is 31.5 Å². The molecule has 0 saturated carbocycles. The van der Waals surface area contributed by atoms with Crippen LogP contribution < -0.4 is 10.6 Å². The van der Waals surface area contributed by atoms with E-state index in [0.717, 1.165) is 0 Å². The predicted molar refractivity (Wildman–Crippen MR) is 106 cm³/mol. The van der Waals surface area contributed by atoms with Gasteiger partial charge < -0.3 is 10.6 Å². The van der Waals surface area contributed by atoms with Crippen molar-refractivity contribution in [2.75, 3.05) is 10.6 Å². The largest absolute Gasteiger partial charge is 0.321 e. The van der Waals surface area contributed by atoms with Crippen molar-refractivity contribution in [2.24, 2.45) is 0 Å². The van der Waals surface area contributed by atoms with Gasteiger partial charge in [0.05, 0.1) is 21.8 Å². The molecular weight excluding hydrogens is 418 g/mol. The number of amides is 2. The number of anilines is 2. The van der Waals surface area contributed by atoms with Crippen LogP contribution in [0.15, 0.2) is 71.3 Å². The Bertz CT molecular complexity index is 961. The van der Waals surface area contributed by atoms with Crippen LogP contribution in [0.2, 0.25) is 5.02 Å². The maximum absolute atomic E-state index is 12.6. The molecule has 0 aliphatic carbocycles. The van der Waals surface area contributed by atoms with Gasteiger partial charge in [0.1, 0.15) is 5.82 Å². The first kappa shape index (κ1) is 18.1. The van der Waals surface area contributed by atoms with Crippen molar-refractivity contribution in [1.82, 2.24) is 4.98 Å². The monoisotopic (exact) mass is 429 g/mol. The Morgan fingerprint density at radius 2 is 1.50 bits per heavy atom. The molecule has 0 radical (unpaired) electrons. The number of carbonyl (C=O) groups is 2. The highest BCUT2D eigenvalue weighted by Crippen LogP contribution is 2.21. The summed E-state index contributed by atoms with van der Waals surface area (Å²) < 4.78 is 0.671. The van der Waals surface area contributed by atoms with Crippen LogP contribution in [0.1, 0.15) is 20.7 Å². The lowest BCUT2D eigenvalue weighted by Gasteiger charge is -2.12. The zero-order chi connectivity index (χ0) is 18.5. The lowest BCUT2D eigenvalue weighted by molar-refractivity contribution is 0.102. The number of benzene rings is 2. The van der Waals surface area contributed by atoms with E-state index < -0.39 is 0 Å². The molecule has 7 heteroatoms. The molecule has 1 heterocycles. The van der Waals surface area contributed by atoms with Crippen LogP contribution in [0.25, 0.3) is 0 Å². The molecule has 0 aliphatic heterocycles. The first-order valence-corrected chi connectivity index (χ1v) is 8.79.